The van der Waals surface area contributed by atoms with Crippen LogP contribution >= 0.6 is 0 Å². The highest BCUT2D eigenvalue weighted by Gasteiger charge is 2.32. The molecule has 172 valence electrons. The zero-order valence-electron chi connectivity index (χ0n) is 19.1. The lowest BCUT2D eigenvalue weighted by Crippen LogP contribution is -2.44. The van der Waals surface area contributed by atoms with Gasteiger partial charge >= 0.3 is 0 Å². The molecule has 2 aromatic carbocycles. The molecular formula is C25H30N6O2. The molecule has 33 heavy (non-hydrogen) atoms. The molecule has 0 atom stereocenters. The van der Waals surface area contributed by atoms with Gasteiger partial charge in [-0.1, -0.05) is 19.1 Å². The number of anilines is 2. The monoisotopic (exact) mass is 446 g/mol. The Kier molecular flexibility index (Phi) is 5.68. The standard InChI is InChI=1S/C25H30N6O2/c1-3-14-33-22-7-5-4-6-20(22)31-16-21(32)23(24(31)26)25-27-18-9-8-17(15-19(18)28-25)30-12-10-29(2)11-13-30/h4-9,15,26,32H,3,10-14,16H2,1-2H3,(H,27,28). The van der Waals surface area contributed by atoms with Gasteiger partial charge in [0.25, 0.3) is 0 Å². The summed E-state index contributed by atoms with van der Waals surface area (Å²) in [6, 6.07) is 13.9. The Morgan fingerprint density at radius 1 is 1.12 bits per heavy atom. The zero-order valence-corrected chi connectivity index (χ0v) is 19.1. The summed E-state index contributed by atoms with van der Waals surface area (Å²) in [6.45, 7) is 6.95. The number of nitrogens with zero attached hydrogens (tertiary/aromatic N) is 4. The molecule has 0 amide bonds. The average molecular weight is 447 g/mol. The number of amidine groups is 1. The Morgan fingerprint density at radius 2 is 1.91 bits per heavy atom. The van der Waals surface area contributed by atoms with Crippen LogP contribution in [0.5, 0.6) is 5.75 Å². The SMILES string of the molecule is CCCOc1ccccc1N1CC(O)=C(c2nc3ccc(N4CCN(C)CC4)cc3[nH]2)C1=N. The Bertz CT molecular complexity index is 1210. The van der Waals surface area contributed by atoms with Gasteiger partial charge in [-0.2, -0.15) is 0 Å². The molecule has 2 aliphatic rings. The van der Waals surface area contributed by atoms with Crippen molar-refractivity contribution in [2.24, 2.45) is 0 Å². The third kappa shape index (κ3) is 4.02. The van der Waals surface area contributed by atoms with E-state index >= 15 is 0 Å². The van der Waals surface area contributed by atoms with Crippen molar-refractivity contribution in [2.45, 2.75) is 13.3 Å². The third-order valence-corrected chi connectivity index (χ3v) is 6.29. The van der Waals surface area contributed by atoms with Crippen LogP contribution in [0.1, 0.15) is 19.2 Å². The van der Waals surface area contributed by atoms with Gasteiger partial charge in [-0.3, -0.25) is 5.41 Å². The molecule has 8 heteroatoms. The summed E-state index contributed by atoms with van der Waals surface area (Å²) in [4.78, 5) is 14.5. The lowest BCUT2D eigenvalue weighted by Gasteiger charge is -2.34. The number of aromatic nitrogens is 2. The number of H-pyrrole nitrogens is 1. The number of para-hydroxylation sites is 2. The maximum atomic E-state index is 10.8. The molecule has 0 unspecified atom stereocenters. The van der Waals surface area contributed by atoms with Crippen molar-refractivity contribution >= 4 is 33.8 Å². The van der Waals surface area contributed by atoms with E-state index < -0.39 is 0 Å². The summed E-state index contributed by atoms with van der Waals surface area (Å²) < 4.78 is 5.88. The van der Waals surface area contributed by atoms with Gasteiger partial charge in [0.2, 0.25) is 0 Å². The molecular weight excluding hydrogens is 416 g/mol. The molecule has 3 aromatic rings. The van der Waals surface area contributed by atoms with E-state index in [0.717, 1.165) is 55.0 Å². The third-order valence-electron chi connectivity index (χ3n) is 6.29. The smallest absolute Gasteiger partial charge is 0.145 e. The van der Waals surface area contributed by atoms with Crippen molar-refractivity contribution in [1.29, 1.82) is 5.41 Å². The number of fused-ring (bicyclic) bond motifs is 1. The minimum Gasteiger partial charge on any atom is -0.509 e. The first kappa shape index (κ1) is 21.3. The molecule has 3 N–H and O–H groups in total. The topological polar surface area (TPSA) is 91.7 Å². The molecule has 0 bridgehead atoms. The van der Waals surface area contributed by atoms with E-state index in [1.54, 1.807) is 4.90 Å². The Hall–Kier alpha value is -3.52. The number of aliphatic hydroxyl groups excluding tert-OH is 1. The van der Waals surface area contributed by atoms with Crippen molar-refractivity contribution in [3.8, 4) is 5.75 Å². The first-order valence-electron chi connectivity index (χ1n) is 11.5. The predicted octanol–water partition coefficient (Wildman–Crippen LogP) is 3.87. The number of aromatic amines is 1. The van der Waals surface area contributed by atoms with E-state index in [-0.39, 0.29) is 18.1 Å². The van der Waals surface area contributed by atoms with Crippen LogP contribution in [0, 0.1) is 5.41 Å². The predicted molar refractivity (Wildman–Crippen MR) is 133 cm³/mol. The normalized spacial score (nSPS) is 17.5. The molecule has 5 rings (SSSR count). The van der Waals surface area contributed by atoms with Crippen molar-refractivity contribution in [2.75, 3.05) is 56.2 Å². The van der Waals surface area contributed by atoms with Gasteiger partial charge in [-0.25, -0.2) is 4.98 Å². The number of ether oxygens (including phenoxy) is 1. The highest BCUT2D eigenvalue weighted by atomic mass is 16.5. The van der Waals surface area contributed by atoms with E-state index in [4.69, 9.17) is 15.1 Å². The summed E-state index contributed by atoms with van der Waals surface area (Å²) in [5.74, 6) is 1.55. The van der Waals surface area contributed by atoms with Crippen LogP contribution < -0.4 is 14.5 Å². The van der Waals surface area contributed by atoms with E-state index in [2.05, 4.69) is 40.9 Å². The number of nitrogens with one attached hydrogen (secondary N) is 2. The minimum absolute atomic E-state index is 0.128. The lowest BCUT2D eigenvalue weighted by molar-refractivity contribution is 0.313. The van der Waals surface area contributed by atoms with Gasteiger partial charge in [0.15, 0.2) is 0 Å². The average Bonchev–Trinajstić information content (AvgIpc) is 3.37. The quantitative estimate of drug-likeness (QED) is 0.532. The number of benzene rings is 2. The fraction of sp³-hybridized carbons (Fsp3) is 0.360. The Morgan fingerprint density at radius 3 is 2.70 bits per heavy atom. The number of rotatable bonds is 6. The fourth-order valence-corrected chi connectivity index (χ4v) is 4.43. The maximum absolute atomic E-state index is 10.8. The number of piperazine rings is 1. The van der Waals surface area contributed by atoms with Crippen LogP contribution in [0.2, 0.25) is 0 Å². The molecule has 1 aromatic heterocycles. The van der Waals surface area contributed by atoms with Gasteiger partial charge < -0.3 is 29.5 Å². The number of imidazole rings is 1. The van der Waals surface area contributed by atoms with Crippen LogP contribution in [0.15, 0.2) is 48.2 Å². The van der Waals surface area contributed by atoms with Gasteiger partial charge in [0.1, 0.15) is 23.2 Å². The summed E-state index contributed by atoms with van der Waals surface area (Å²) >= 11 is 0. The fourth-order valence-electron chi connectivity index (χ4n) is 4.43. The molecule has 2 aliphatic heterocycles. The Labute approximate surface area is 193 Å². The largest absolute Gasteiger partial charge is 0.509 e. The second-order valence-corrected chi connectivity index (χ2v) is 8.65. The van der Waals surface area contributed by atoms with Gasteiger partial charge in [-0.15, -0.1) is 0 Å². The lowest BCUT2D eigenvalue weighted by atomic mass is 10.2. The molecule has 0 radical (unpaired) electrons. The van der Waals surface area contributed by atoms with Crippen molar-refractivity contribution < 1.29 is 9.84 Å². The van der Waals surface area contributed by atoms with Crippen LogP contribution in [0.3, 0.4) is 0 Å². The molecule has 0 spiro atoms. The summed E-state index contributed by atoms with van der Waals surface area (Å²) in [7, 11) is 2.15. The van der Waals surface area contributed by atoms with E-state index in [1.165, 1.54) is 0 Å². The number of aliphatic hydroxyl groups is 1. The second-order valence-electron chi connectivity index (χ2n) is 8.65. The molecule has 1 fully saturated rings. The number of hydrogen-bond acceptors (Lipinski definition) is 6. The van der Waals surface area contributed by atoms with Gasteiger partial charge in [0, 0.05) is 31.9 Å². The second kappa shape index (κ2) is 8.78. The van der Waals surface area contributed by atoms with Crippen LogP contribution in [-0.2, 0) is 0 Å². The molecule has 0 aliphatic carbocycles. The Balaban J connectivity index is 1.42. The van der Waals surface area contributed by atoms with Gasteiger partial charge in [-0.05, 0) is 43.8 Å². The molecule has 8 nitrogen and oxygen atoms in total. The van der Waals surface area contributed by atoms with Crippen molar-refractivity contribution in [3.63, 3.8) is 0 Å². The summed E-state index contributed by atoms with van der Waals surface area (Å²) in [5, 5.41) is 19.6. The maximum Gasteiger partial charge on any atom is 0.145 e. The van der Waals surface area contributed by atoms with Crippen LogP contribution in [0.25, 0.3) is 16.6 Å². The van der Waals surface area contributed by atoms with E-state index in [9.17, 15) is 5.11 Å². The van der Waals surface area contributed by atoms with Crippen molar-refractivity contribution in [3.05, 3.63) is 54.0 Å². The number of likely N-dealkylation sites (N-methyl/N-ethyl adjacent to an activating group) is 1. The molecule has 1 saturated heterocycles. The highest BCUT2D eigenvalue weighted by molar-refractivity contribution is 6.30. The summed E-state index contributed by atoms with van der Waals surface area (Å²) in [5.41, 5.74) is 4.08. The zero-order chi connectivity index (χ0) is 22.9. The van der Waals surface area contributed by atoms with E-state index in [1.807, 2.05) is 30.3 Å². The summed E-state index contributed by atoms with van der Waals surface area (Å²) in [6.07, 6.45) is 0.898. The highest BCUT2D eigenvalue weighted by Crippen LogP contribution is 2.36. The van der Waals surface area contributed by atoms with Crippen molar-refractivity contribution in [1.82, 2.24) is 14.9 Å². The first-order chi connectivity index (χ1) is 16.0. The van der Waals surface area contributed by atoms with Crippen LogP contribution in [0.4, 0.5) is 11.4 Å². The van der Waals surface area contributed by atoms with E-state index in [0.29, 0.717) is 23.8 Å². The van der Waals surface area contributed by atoms with Gasteiger partial charge in [0.05, 0.1) is 35.4 Å². The van der Waals surface area contributed by atoms with Crippen LogP contribution in [-0.4, -0.2) is 72.2 Å². The first-order valence-corrected chi connectivity index (χ1v) is 11.5. The minimum atomic E-state index is 0.128. The molecule has 3 heterocycles. The molecule has 0 saturated carbocycles. The number of hydrogen-bond donors (Lipinski definition) is 3.